The van der Waals surface area contributed by atoms with E-state index >= 15 is 0 Å². The minimum atomic E-state index is 0.536. The molecular weight excluding hydrogens is 274 g/mol. The molecule has 1 aliphatic carbocycles. The van der Waals surface area contributed by atoms with Crippen molar-refractivity contribution in [3.63, 3.8) is 0 Å². The number of hydrogen-bond donors (Lipinski definition) is 1. The highest BCUT2D eigenvalue weighted by Gasteiger charge is 2.48. The third kappa shape index (κ3) is 3.56. The molecule has 0 radical (unpaired) electrons. The summed E-state index contributed by atoms with van der Waals surface area (Å²) in [7, 11) is 0. The fraction of sp³-hybridized carbons (Fsp3) is 0.600. The fourth-order valence-electron chi connectivity index (χ4n) is 2.56. The van der Waals surface area contributed by atoms with Crippen LogP contribution in [0.1, 0.15) is 32.3 Å². The summed E-state index contributed by atoms with van der Waals surface area (Å²) in [6, 6.07) is 8.77. The second kappa shape index (κ2) is 5.53. The summed E-state index contributed by atoms with van der Waals surface area (Å²) in [5.74, 6) is 0.873. The molecule has 0 amide bonds. The van der Waals surface area contributed by atoms with Gasteiger partial charge in [-0.15, -0.1) is 0 Å². The minimum absolute atomic E-state index is 0.536. The highest BCUT2D eigenvalue weighted by atomic mass is 79.9. The third-order valence-electron chi connectivity index (χ3n) is 3.88. The van der Waals surface area contributed by atoms with Gasteiger partial charge in [0.2, 0.25) is 0 Å². The highest BCUT2D eigenvalue weighted by molar-refractivity contribution is 9.10. The van der Waals surface area contributed by atoms with Crippen molar-refractivity contribution < 1.29 is 0 Å². The molecule has 0 aromatic heterocycles. The Morgan fingerprint density at radius 1 is 1.35 bits per heavy atom. The van der Waals surface area contributed by atoms with Crippen molar-refractivity contribution in [1.29, 1.82) is 0 Å². The van der Waals surface area contributed by atoms with Gasteiger partial charge in [-0.1, -0.05) is 41.9 Å². The van der Waals surface area contributed by atoms with Gasteiger partial charge in [0.15, 0.2) is 0 Å². The van der Waals surface area contributed by atoms with Crippen LogP contribution in [-0.4, -0.2) is 13.1 Å². The Kier molecular flexibility index (Phi) is 4.26. The zero-order valence-corrected chi connectivity index (χ0v) is 12.4. The Hall–Kier alpha value is -0.340. The normalized spacial score (nSPS) is 27.1. The molecule has 94 valence electrons. The number of benzene rings is 1. The lowest BCUT2D eigenvalue weighted by molar-refractivity contribution is 0.476. The van der Waals surface area contributed by atoms with Crippen molar-refractivity contribution in [3.05, 3.63) is 34.3 Å². The Morgan fingerprint density at radius 3 is 2.71 bits per heavy atom. The van der Waals surface area contributed by atoms with Crippen molar-refractivity contribution in [2.45, 2.75) is 33.1 Å². The van der Waals surface area contributed by atoms with Gasteiger partial charge in [0, 0.05) is 4.47 Å². The number of hydrogen-bond acceptors (Lipinski definition) is 1. The summed E-state index contributed by atoms with van der Waals surface area (Å²) in [5.41, 5.74) is 2.00. The molecule has 1 aromatic carbocycles. The van der Waals surface area contributed by atoms with Crippen molar-refractivity contribution in [1.82, 2.24) is 5.32 Å². The molecule has 1 fully saturated rings. The van der Waals surface area contributed by atoms with E-state index in [-0.39, 0.29) is 0 Å². The first-order chi connectivity index (χ1) is 8.14. The van der Waals surface area contributed by atoms with Crippen LogP contribution in [0.5, 0.6) is 0 Å². The molecule has 0 saturated heterocycles. The number of rotatable bonds is 6. The average Bonchev–Trinajstić information content (AvgIpc) is 2.93. The zero-order chi connectivity index (χ0) is 12.3. The molecule has 0 spiro atoms. The molecule has 0 bridgehead atoms. The first-order valence-corrected chi connectivity index (χ1v) is 7.38. The van der Waals surface area contributed by atoms with Crippen LogP contribution in [0.25, 0.3) is 0 Å². The van der Waals surface area contributed by atoms with E-state index in [1.807, 2.05) is 0 Å². The van der Waals surface area contributed by atoms with Gasteiger partial charge < -0.3 is 5.32 Å². The van der Waals surface area contributed by atoms with Crippen LogP contribution >= 0.6 is 15.9 Å². The van der Waals surface area contributed by atoms with Crippen LogP contribution < -0.4 is 5.32 Å². The van der Waals surface area contributed by atoms with E-state index in [9.17, 15) is 0 Å². The van der Waals surface area contributed by atoms with Crippen LogP contribution in [-0.2, 0) is 6.42 Å². The van der Waals surface area contributed by atoms with Gasteiger partial charge in [-0.2, -0.15) is 0 Å². The molecule has 17 heavy (non-hydrogen) atoms. The first-order valence-electron chi connectivity index (χ1n) is 6.59. The molecule has 2 unspecified atom stereocenters. The largest absolute Gasteiger partial charge is 0.316 e. The molecule has 1 saturated carbocycles. The average molecular weight is 296 g/mol. The summed E-state index contributed by atoms with van der Waals surface area (Å²) in [6.07, 6.45) is 3.83. The van der Waals surface area contributed by atoms with Gasteiger partial charge in [-0.3, -0.25) is 0 Å². The van der Waals surface area contributed by atoms with E-state index in [0.29, 0.717) is 5.41 Å². The molecule has 1 nitrogen and oxygen atoms in total. The second-order valence-electron chi connectivity index (χ2n) is 5.56. The smallest absolute Gasteiger partial charge is 0.0175 e. The predicted octanol–water partition coefficient (Wildman–Crippen LogP) is 4.02. The van der Waals surface area contributed by atoms with E-state index in [4.69, 9.17) is 0 Å². The SMILES string of the molecule is CCCNCC1CC1(C)Cc1ccc(Br)cc1. The van der Waals surface area contributed by atoms with Gasteiger partial charge in [-0.05, 0) is 61.4 Å². The molecule has 0 heterocycles. The molecular formula is C15H22BrN. The van der Waals surface area contributed by atoms with Gasteiger partial charge in [0.05, 0.1) is 0 Å². The van der Waals surface area contributed by atoms with Crippen LogP contribution in [0.3, 0.4) is 0 Å². The van der Waals surface area contributed by atoms with Crippen molar-refractivity contribution >= 4 is 15.9 Å². The van der Waals surface area contributed by atoms with Crippen molar-refractivity contribution in [3.8, 4) is 0 Å². The number of nitrogens with one attached hydrogen (secondary N) is 1. The first kappa shape index (κ1) is 13.1. The van der Waals surface area contributed by atoms with E-state index in [1.165, 1.54) is 35.8 Å². The Bertz CT molecular complexity index is 360. The topological polar surface area (TPSA) is 12.0 Å². The van der Waals surface area contributed by atoms with E-state index < -0.39 is 0 Å². The second-order valence-corrected chi connectivity index (χ2v) is 6.48. The summed E-state index contributed by atoms with van der Waals surface area (Å²) in [5, 5.41) is 3.54. The summed E-state index contributed by atoms with van der Waals surface area (Å²) >= 11 is 3.48. The van der Waals surface area contributed by atoms with Crippen molar-refractivity contribution in [2.75, 3.05) is 13.1 Å². The van der Waals surface area contributed by atoms with Gasteiger partial charge >= 0.3 is 0 Å². The molecule has 2 atom stereocenters. The van der Waals surface area contributed by atoms with Crippen LogP contribution in [0.4, 0.5) is 0 Å². The van der Waals surface area contributed by atoms with E-state index in [0.717, 1.165) is 12.5 Å². The van der Waals surface area contributed by atoms with Gasteiger partial charge in [0.25, 0.3) is 0 Å². The van der Waals surface area contributed by atoms with Crippen LogP contribution in [0.15, 0.2) is 28.7 Å². The van der Waals surface area contributed by atoms with Crippen LogP contribution in [0, 0.1) is 11.3 Å². The molecule has 0 aliphatic heterocycles. The molecule has 1 aliphatic rings. The molecule has 1 N–H and O–H groups in total. The summed E-state index contributed by atoms with van der Waals surface area (Å²) in [4.78, 5) is 0. The van der Waals surface area contributed by atoms with Crippen molar-refractivity contribution in [2.24, 2.45) is 11.3 Å². The van der Waals surface area contributed by atoms with Crippen LogP contribution in [0.2, 0.25) is 0 Å². The lowest BCUT2D eigenvalue weighted by atomic mass is 9.96. The Morgan fingerprint density at radius 2 is 2.06 bits per heavy atom. The maximum atomic E-state index is 3.54. The van der Waals surface area contributed by atoms with E-state index in [2.05, 4.69) is 59.4 Å². The maximum absolute atomic E-state index is 3.54. The zero-order valence-electron chi connectivity index (χ0n) is 10.8. The quantitative estimate of drug-likeness (QED) is 0.782. The lowest BCUT2D eigenvalue weighted by Crippen LogP contribution is -2.20. The standard InChI is InChI=1S/C15H22BrN/c1-3-8-17-11-13-10-15(13,2)9-12-4-6-14(16)7-5-12/h4-7,13,17H,3,8-11H2,1-2H3. The lowest BCUT2D eigenvalue weighted by Gasteiger charge is -2.12. The summed E-state index contributed by atoms with van der Waals surface area (Å²) < 4.78 is 1.17. The third-order valence-corrected chi connectivity index (χ3v) is 4.41. The Labute approximate surface area is 113 Å². The molecule has 2 heteroatoms. The fourth-order valence-corrected chi connectivity index (χ4v) is 2.83. The minimum Gasteiger partial charge on any atom is -0.316 e. The predicted molar refractivity (Wildman–Crippen MR) is 77.2 cm³/mol. The van der Waals surface area contributed by atoms with Gasteiger partial charge in [-0.25, -0.2) is 0 Å². The maximum Gasteiger partial charge on any atom is 0.0175 e. The summed E-state index contributed by atoms with van der Waals surface area (Å²) in [6.45, 7) is 7.00. The van der Waals surface area contributed by atoms with Gasteiger partial charge in [0.1, 0.15) is 0 Å². The highest BCUT2D eigenvalue weighted by Crippen LogP contribution is 2.53. The molecule has 1 aromatic rings. The number of halogens is 1. The molecule has 2 rings (SSSR count). The monoisotopic (exact) mass is 295 g/mol. The van der Waals surface area contributed by atoms with E-state index in [1.54, 1.807) is 0 Å². The Balaban J connectivity index is 1.82.